The van der Waals surface area contributed by atoms with Crippen molar-refractivity contribution in [2.45, 2.75) is 19.9 Å². The van der Waals surface area contributed by atoms with Crippen molar-refractivity contribution in [1.82, 2.24) is 9.55 Å². The minimum Gasteiger partial charge on any atom is -0.477 e. The molecule has 1 N–H and O–H groups in total. The molecule has 5 nitrogen and oxygen atoms in total. The van der Waals surface area contributed by atoms with Crippen LogP contribution in [0.2, 0.25) is 0 Å². The fourth-order valence-corrected chi connectivity index (χ4v) is 1.52. The van der Waals surface area contributed by atoms with Crippen LogP contribution in [0.1, 0.15) is 22.6 Å². The molecule has 1 aromatic rings. The summed E-state index contributed by atoms with van der Waals surface area (Å²) in [5.41, 5.74) is 0.763. The van der Waals surface area contributed by atoms with Crippen LogP contribution in [0.4, 0.5) is 0 Å². The van der Waals surface area contributed by atoms with Gasteiger partial charge in [0.05, 0.1) is 12.3 Å². The lowest BCUT2D eigenvalue weighted by molar-refractivity contribution is 0.0679. The molecule has 1 aromatic heterocycles. The Balaban J connectivity index is 2.54. The van der Waals surface area contributed by atoms with Crippen molar-refractivity contribution in [2.75, 3.05) is 6.61 Å². The highest BCUT2D eigenvalue weighted by Gasteiger charge is 2.22. The van der Waals surface area contributed by atoms with Crippen LogP contribution >= 0.6 is 0 Å². The van der Waals surface area contributed by atoms with Crippen molar-refractivity contribution < 1.29 is 14.6 Å². The smallest absolute Gasteiger partial charge is 0.354 e. The third-order valence-corrected chi connectivity index (χ3v) is 2.07. The number of fused-ring (bicyclic) bond motifs is 1. The van der Waals surface area contributed by atoms with Gasteiger partial charge in [0.1, 0.15) is 0 Å². The SMILES string of the molecule is Cc1nc2n(c1C(=O)O)CCCO2. The molecule has 0 saturated heterocycles. The van der Waals surface area contributed by atoms with Gasteiger partial charge in [0.25, 0.3) is 6.01 Å². The second kappa shape index (κ2) is 2.76. The van der Waals surface area contributed by atoms with E-state index in [2.05, 4.69) is 4.98 Å². The highest BCUT2D eigenvalue weighted by molar-refractivity contribution is 5.87. The van der Waals surface area contributed by atoms with Gasteiger partial charge in [-0.15, -0.1) is 0 Å². The average molecular weight is 182 g/mol. The molecule has 5 heteroatoms. The molecule has 0 saturated carbocycles. The molecule has 1 aliphatic rings. The molecule has 2 heterocycles. The first kappa shape index (κ1) is 8.10. The van der Waals surface area contributed by atoms with E-state index in [0.29, 0.717) is 24.9 Å². The molecule has 0 unspecified atom stereocenters. The first-order valence-electron chi connectivity index (χ1n) is 4.13. The van der Waals surface area contributed by atoms with Gasteiger partial charge in [0, 0.05) is 6.54 Å². The van der Waals surface area contributed by atoms with E-state index < -0.39 is 5.97 Å². The van der Waals surface area contributed by atoms with Crippen LogP contribution in [0.15, 0.2) is 0 Å². The van der Waals surface area contributed by atoms with Gasteiger partial charge in [0.2, 0.25) is 0 Å². The molecular formula is C8H10N2O3. The molecule has 0 spiro atoms. The zero-order valence-corrected chi connectivity index (χ0v) is 7.28. The number of carboxylic acids is 1. The number of aryl methyl sites for hydroxylation is 1. The summed E-state index contributed by atoms with van der Waals surface area (Å²) in [5.74, 6) is -0.943. The lowest BCUT2D eigenvalue weighted by atomic mass is 10.3. The van der Waals surface area contributed by atoms with Crippen molar-refractivity contribution in [3.63, 3.8) is 0 Å². The second-order valence-corrected chi connectivity index (χ2v) is 2.99. The first-order chi connectivity index (χ1) is 6.20. The van der Waals surface area contributed by atoms with E-state index in [1.54, 1.807) is 11.5 Å². The van der Waals surface area contributed by atoms with Crippen LogP contribution in [0, 0.1) is 6.92 Å². The zero-order valence-electron chi connectivity index (χ0n) is 7.28. The van der Waals surface area contributed by atoms with Crippen LogP contribution in [0.25, 0.3) is 0 Å². The molecule has 0 aliphatic carbocycles. The fourth-order valence-electron chi connectivity index (χ4n) is 1.52. The summed E-state index contributed by atoms with van der Waals surface area (Å²) in [7, 11) is 0. The number of aromatic carboxylic acids is 1. The molecule has 0 amide bonds. The Kier molecular flexibility index (Phi) is 1.72. The molecule has 0 fully saturated rings. The van der Waals surface area contributed by atoms with E-state index in [1.807, 2.05) is 0 Å². The normalized spacial score (nSPS) is 14.8. The van der Waals surface area contributed by atoms with E-state index in [0.717, 1.165) is 6.42 Å². The molecule has 70 valence electrons. The monoisotopic (exact) mass is 182 g/mol. The highest BCUT2D eigenvalue weighted by Crippen LogP contribution is 2.21. The molecular weight excluding hydrogens is 172 g/mol. The van der Waals surface area contributed by atoms with Crippen LogP contribution in [-0.4, -0.2) is 27.2 Å². The topological polar surface area (TPSA) is 64.4 Å². The Hall–Kier alpha value is -1.52. The summed E-state index contributed by atoms with van der Waals surface area (Å²) in [6, 6.07) is 0.432. The molecule has 0 atom stereocenters. The van der Waals surface area contributed by atoms with E-state index in [1.165, 1.54) is 0 Å². The largest absolute Gasteiger partial charge is 0.477 e. The summed E-state index contributed by atoms with van der Waals surface area (Å²) in [6.45, 7) is 2.98. The van der Waals surface area contributed by atoms with Gasteiger partial charge in [-0.1, -0.05) is 0 Å². The minimum atomic E-state index is -0.943. The Labute approximate surface area is 75.0 Å². The van der Waals surface area contributed by atoms with Crippen molar-refractivity contribution in [3.05, 3.63) is 11.4 Å². The van der Waals surface area contributed by atoms with Crippen LogP contribution in [-0.2, 0) is 6.54 Å². The molecule has 0 aromatic carbocycles. The maximum atomic E-state index is 10.8. The summed E-state index contributed by atoms with van der Waals surface area (Å²) >= 11 is 0. The number of imidazole rings is 1. The lowest BCUT2D eigenvalue weighted by Gasteiger charge is -2.15. The third kappa shape index (κ3) is 1.16. The van der Waals surface area contributed by atoms with Crippen molar-refractivity contribution in [3.8, 4) is 6.01 Å². The lowest BCUT2D eigenvalue weighted by Crippen LogP contribution is -2.18. The van der Waals surface area contributed by atoms with Crippen LogP contribution in [0.5, 0.6) is 6.01 Å². The highest BCUT2D eigenvalue weighted by atomic mass is 16.5. The molecule has 0 bridgehead atoms. The van der Waals surface area contributed by atoms with Gasteiger partial charge < -0.3 is 9.84 Å². The predicted molar refractivity (Wildman–Crippen MR) is 44.0 cm³/mol. The molecule has 1 aliphatic heterocycles. The molecule has 2 rings (SSSR count). The van der Waals surface area contributed by atoms with E-state index in [-0.39, 0.29) is 5.69 Å². The molecule has 13 heavy (non-hydrogen) atoms. The second-order valence-electron chi connectivity index (χ2n) is 2.99. The van der Waals surface area contributed by atoms with Crippen molar-refractivity contribution in [2.24, 2.45) is 0 Å². The number of aromatic nitrogens is 2. The zero-order chi connectivity index (χ0) is 9.42. The first-order valence-corrected chi connectivity index (χ1v) is 4.13. The standard InChI is InChI=1S/C8H10N2O3/c1-5-6(7(11)12)10-3-2-4-13-8(10)9-5/h2-4H2,1H3,(H,11,12). The number of carbonyl (C=O) groups is 1. The number of hydrogen-bond donors (Lipinski definition) is 1. The summed E-state index contributed by atoms with van der Waals surface area (Å²) in [6.07, 6.45) is 0.836. The maximum absolute atomic E-state index is 10.8. The van der Waals surface area contributed by atoms with Gasteiger partial charge in [-0.2, -0.15) is 4.98 Å². The number of ether oxygens (including phenoxy) is 1. The van der Waals surface area contributed by atoms with E-state index >= 15 is 0 Å². The quantitative estimate of drug-likeness (QED) is 0.693. The van der Waals surface area contributed by atoms with Gasteiger partial charge in [0.15, 0.2) is 5.69 Å². The fraction of sp³-hybridized carbons (Fsp3) is 0.500. The van der Waals surface area contributed by atoms with E-state index in [9.17, 15) is 4.79 Å². The number of hydrogen-bond acceptors (Lipinski definition) is 3. The Bertz CT molecular complexity index is 357. The third-order valence-electron chi connectivity index (χ3n) is 2.07. The Morgan fingerprint density at radius 2 is 2.46 bits per heavy atom. The average Bonchev–Trinajstić information content (AvgIpc) is 2.39. The summed E-state index contributed by atoms with van der Waals surface area (Å²) in [5, 5.41) is 8.89. The number of nitrogens with zero attached hydrogens (tertiary/aromatic N) is 2. The van der Waals surface area contributed by atoms with Crippen molar-refractivity contribution >= 4 is 5.97 Å². The van der Waals surface area contributed by atoms with E-state index in [4.69, 9.17) is 9.84 Å². The van der Waals surface area contributed by atoms with Crippen molar-refractivity contribution in [1.29, 1.82) is 0 Å². The molecule has 0 radical (unpaired) electrons. The number of carboxylic acid groups (broad SMARTS) is 1. The van der Waals surface area contributed by atoms with Gasteiger partial charge in [-0.25, -0.2) is 4.79 Å². The predicted octanol–water partition coefficient (Wildman–Crippen LogP) is 0.672. The van der Waals surface area contributed by atoms with Gasteiger partial charge in [-0.3, -0.25) is 4.57 Å². The minimum absolute atomic E-state index is 0.245. The van der Waals surface area contributed by atoms with Crippen LogP contribution in [0.3, 0.4) is 0 Å². The Morgan fingerprint density at radius 3 is 3.15 bits per heavy atom. The maximum Gasteiger partial charge on any atom is 0.354 e. The number of rotatable bonds is 1. The van der Waals surface area contributed by atoms with Crippen LogP contribution < -0.4 is 4.74 Å². The summed E-state index contributed by atoms with van der Waals surface area (Å²) in [4.78, 5) is 14.9. The van der Waals surface area contributed by atoms with Gasteiger partial charge in [-0.05, 0) is 13.3 Å². The Morgan fingerprint density at radius 1 is 1.69 bits per heavy atom. The van der Waals surface area contributed by atoms with Gasteiger partial charge >= 0.3 is 5.97 Å². The summed E-state index contributed by atoms with van der Waals surface area (Å²) < 4.78 is 6.84.